The Morgan fingerprint density at radius 2 is 1.84 bits per heavy atom. The maximum atomic E-state index is 13.4. The monoisotopic (exact) mass is 463 g/mol. The highest BCUT2D eigenvalue weighted by Crippen LogP contribution is 2.27. The Hall–Kier alpha value is -3.09. The van der Waals surface area contributed by atoms with E-state index in [2.05, 4.69) is 5.32 Å². The quantitative estimate of drug-likeness (QED) is 0.305. The molecule has 0 saturated heterocycles. The number of thioether (sulfide) groups is 1. The number of nitrogens with zero attached hydrogens (tertiary/aromatic N) is 2. The number of aromatic nitrogens is 2. The molecule has 0 radical (unpaired) electrons. The fourth-order valence-corrected chi connectivity index (χ4v) is 4.42. The first kappa shape index (κ1) is 22.1. The van der Waals surface area contributed by atoms with E-state index < -0.39 is 0 Å². The van der Waals surface area contributed by atoms with Crippen LogP contribution in [0, 0.1) is 20.8 Å². The van der Waals surface area contributed by atoms with Gasteiger partial charge in [0.1, 0.15) is 0 Å². The molecule has 162 valence electrons. The standard InChI is InChI=1S/C25H22ClN3O2S/c1-15-11-12-16(2)21(13-15)27-23(30)14-32-25-28-20-9-5-4-7-18(20)24(31)29(25)22-10-6-8-19(26)17(22)3/h4-13H,14H2,1-3H3,(H,27,30). The van der Waals surface area contributed by atoms with Crippen molar-refractivity contribution in [2.75, 3.05) is 11.1 Å². The minimum Gasteiger partial charge on any atom is -0.325 e. The molecule has 0 spiro atoms. The molecule has 7 heteroatoms. The van der Waals surface area contributed by atoms with E-state index in [1.165, 1.54) is 11.8 Å². The number of para-hydroxylation sites is 1. The molecular formula is C25H22ClN3O2S. The van der Waals surface area contributed by atoms with E-state index in [0.29, 0.717) is 26.8 Å². The van der Waals surface area contributed by atoms with Crippen molar-refractivity contribution in [2.45, 2.75) is 25.9 Å². The summed E-state index contributed by atoms with van der Waals surface area (Å²) in [6, 6.07) is 18.5. The summed E-state index contributed by atoms with van der Waals surface area (Å²) in [6.07, 6.45) is 0. The van der Waals surface area contributed by atoms with Crippen LogP contribution in [0.25, 0.3) is 16.6 Å². The summed E-state index contributed by atoms with van der Waals surface area (Å²) in [4.78, 5) is 30.8. The largest absolute Gasteiger partial charge is 0.325 e. The molecule has 1 aromatic heterocycles. The van der Waals surface area contributed by atoms with Gasteiger partial charge in [0.15, 0.2) is 5.16 Å². The zero-order valence-electron chi connectivity index (χ0n) is 18.0. The zero-order valence-corrected chi connectivity index (χ0v) is 19.6. The average Bonchev–Trinajstić information content (AvgIpc) is 2.77. The van der Waals surface area contributed by atoms with Crippen molar-refractivity contribution in [3.8, 4) is 5.69 Å². The van der Waals surface area contributed by atoms with Crippen molar-refractivity contribution >= 4 is 45.9 Å². The predicted molar refractivity (Wildman–Crippen MR) is 132 cm³/mol. The van der Waals surface area contributed by atoms with Crippen LogP contribution in [0.15, 0.2) is 70.6 Å². The van der Waals surface area contributed by atoms with E-state index in [9.17, 15) is 9.59 Å². The highest BCUT2D eigenvalue weighted by molar-refractivity contribution is 7.99. The van der Waals surface area contributed by atoms with Gasteiger partial charge in [-0.05, 0) is 67.8 Å². The zero-order chi connectivity index (χ0) is 22.8. The Labute approximate surface area is 195 Å². The summed E-state index contributed by atoms with van der Waals surface area (Å²) in [7, 11) is 0. The number of carbonyl (C=O) groups excluding carboxylic acids is 1. The van der Waals surface area contributed by atoms with Crippen LogP contribution in [-0.4, -0.2) is 21.2 Å². The highest BCUT2D eigenvalue weighted by Gasteiger charge is 2.17. The molecule has 0 aliphatic carbocycles. The minimum absolute atomic E-state index is 0.109. The van der Waals surface area contributed by atoms with Gasteiger partial charge in [-0.25, -0.2) is 4.98 Å². The molecule has 0 saturated carbocycles. The molecule has 1 heterocycles. The predicted octanol–water partition coefficient (Wildman–Crippen LogP) is 5.70. The van der Waals surface area contributed by atoms with Gasteiger partial charge in [-0.3, -0.25) is 14.2 Å². The highest BCUT2D eigenvalue weighted by atomic mass is 35.5. The van der Waals surface area contributed by atoms with Gasteiger partial charge in [-0.1, -0.05) is 53.7 Å². The molecule has 4 aromatic rings. The van der Waals surface area contributed by atoms with Gasteiger partial charge in [0.05, 0.1) is 22.3 Å². The van der Waals surface area contributed by atoms with Gasteiger partial charge in [0, 0.05) is 10.7 Å². The molecule has 3 aromatic carbocycles. The van der Waals surface area contributed by atoms with Crippen LogP contribution < -0.4 is 10.9 Å². The third-order valence-electron chi connectivity index (χ3n) is 5.22. The second kappa shape index (κ2) is 9.18. The number of benzene rings is 3. The lowest BCUT2D eigenvalue weighted by atomic mass is 10.1. The Morgan fingerprint density at radius 1 is 1.06 bits per heavy atom. The maximum absolute atomic E-state index is 13.4. The molecule has 1 amide bonds. The molecule has 0 unspecified atom stereocenters. The van der Waals surface area contributed by atoms with E-state index in [1.54, 1.807) is 28.8 Å². The van der Waals surface area contributed by atoms with E-state index in [0.717, 1.165) is 22.4 Å². The Bertz CT molecular complexity index is 1400. The summed E-state index contributed by atoms with van der Waals surface area (Å²) in [5.74, 6) is -0.0573. The van der Waals surface area contributed by atoms with E-state index >= 15 is 0 Å². The van der Waals surface area contributed by atoms with Crippen molar-refractivity contribution in [3.05, 3.63) is 92.7 Å². The molecule has 0 fully saturated rings. The van der Waals surface area contributed by atoms with Gasteiger partial charge in [-0.15, -0.1) is 0 Å². The number of carbonyl (C=O) groups is 1. The number of anilines is 1. The molecule has 0 aliphatic heterocycles. The Balaban J connectivity index is 1.71. The number of hydrogen-bond donors (Lipinski definition) is 1. The van der Waals surface area contributed by atoms with Crippen molar-refractivity contribution in [3.63, 3.8) is 0 Å². The second-order valence-corrected chi connectivity index (χ2v) is 8.94. The normalized spacial score (nSPS) is 11.0. The lowest BCUT2D eigenvalue weighted by molar-refractivity contribution is -0.113. The molecule has 0 aliphatic rings. The summed E-state index contributed by atoms with van der Waals surface area (Å²) in [5.41, 5.74) is 4.66. The van der Waals surface area contributed by atoms with Crippen molar-refractivity contribution in [2.24, 2.45) is 0 Å². The van der Waals surface area contributed by atoms with Crippen molar-refractivity contribution in [1.82, 2.24) is 9.55 Å². The van der Waals surface area contributed by atoms with Crippen LogP contribution in [0.3, 0.4) is 0 Å². The van der Waals surface area contributed by atoms with Crippen molar-refractivity contribution in [1.29, 1.82) is 0 Å². The van der Waals surface area contributed by atoms with Gasteiger partial charge >= 0.3 is 0 Å². The van der Waals surface area contributed by atoms with Gasteiger partial charge in [0.25, 0.3) is 5.56 Å². The molecule has 4 rings (SSSR count). The van der Waals surface area contributed by atoms with Crippen molar-refractivity contribution < 1.29 is 4.79 Å². The van der Waals surface area contributed by atoms with Gasteiger partial charge in [-0.2, -0.15) is 0 Å². The smallest absolute Gasteiger partial charge is 0.266 e. The number of nitrogens with one attached hydrogen (secondary N) is 1. The third kappa shape index (κ3) is 4.42. The van der Waals surface area contributed by atoms with E-state index in [1.807, 2.05) is 57.2 Å². The van der Waals surface area contributed by atoms with Crippen LogP contribution in [0.4, 0.5) is 5.69 Å². The first-order chi connectivity index (χ1) is 15.3. The average molecular weight is 464 g/mol. The Morgan fingerprint density at radius 3 is 2.66 bits per heavy atom. The van der Waals surface area contributed by atoms with Gasteiger partial charge in [0.2, 0.25) is 5.91 Å². The Kier molecular flexibility index (Phi) is 6.35. The fourth-order valence-electron chi connectivity index (χ4n) is 3.45. The van der Waals surface area contributed by atoms with E-state index in [-0.39, 0.29) is 17.2 Å². The molecule has 0 atom stereocenters. The summed E-state index contributed by atoms with van der Waals surface area (Å²) < 4.78 is 1.54. The fraction of sp³-hybridized carbons (Fsp3) is 0.160. The molecule has 0 bridgehead atoms. The van der Waals surface area contributed by atoms with Crippen LogP contribution in [0.5, 0.6) is 0 Å². The first-order valence-corrected chi connectivity index (χ1v) is 11.5. The van der Waals surface area contributed by atoms with E-state index in [4.69, 9.17) is 16.6 Å². The first-order valence-electron chi connectivity index (χ1n) is 10.1. The summed E-state index contributed by atoms with van der Waals surface area (Å²) in [6.45, 7) is 5.79. The van der Waals surface area contributed by atoms with Crippen LogP contribution in [0.2, 0.25) is 5.02 Å². The SMILES string of the molecule is Cc1ccc(C)c(NC(=O)CSc2nc3ccccc3c(=O)n2-c2cccc(Cl)c2C)c1. The van der Waals surface area contributed by atoms with Crippen LogP contribution in [-0.2, 0) is 4.79 Å². The number of fused-ring (bicyclic) bond motifs is 1. The van der Waals surface area contributed by atoms with Crippen LogP contribution in [0.1, 0.15) is 16.7 Å². The molecule has 32 heavy (non-hydrogen) atoms. The number of halogens is 1. The lowest BCUT2D eigenvalue weighted by Crippen LogP contribution is -2.23. The maximum Gasteiger partial charge on any atom is 0.266 e. The number of hydrogen-bond acceptors (Lipinski definition) is 4. The molecular weight excluding hydrogens is 442 g/mol. The number of rotatable bonds is 5. The number of aryl methyl sites for hydroxylation is 2. The lowest BCUT2D eigenvalue weighted by Gasteiger charge is -2.16. The topological polar surface area (TPSA) is 64.0 Å². The third-order valence-corrected chi connectivity index (χ3v) is 6.57. The minimum atomic E-state index is -0.196. The van der Waals surface area contributed by atoms with Crippen LogP contribution >= 0.6 is 23.4 Å². The molecule has 5 nitrogen and oxygen atoms in total. The summed E-state index contributed by atoms with van der Waals surface area (Å²) >= 11 is 7.54. The van der Waals surface area contributed by atoms with Gasteiger partial charge < -0.3 is 5.32 Å². The molecule has 1 N–H and O–H groups in total. The second-order valence-electron chi connectivity index (χ2n) is 7.59. The summed E-state index contributed by atoms with van der Waals surface area (Å²) in [5, 5.41) is 4.47. The number of amides is 1.